The summed E-state index contributed by atoms with van der Waals surface area (Å²) in [6.45, 7) is -0.344. The van der Waals surface area contributed by atoms with Crippen molar-refractivity contribution < 1.29 is 23.3 Å². The average molecular weight is 257 g/mol. The van der Waals surface area contributed by atoms with Gasteiger partial charge in [-0.25, -0.2) is 14.1 Å². The summed E-state index contributed by atoms with van der Waals surface area (Å²) in [7, 11) is 0. The van der Waals surface area contributed by atoms with E-state index in [0.717, 1.165) is 0 Å². The number of carbonyl (C=O) groups is 2. The standard InChI is InChI=1S/C9H5F2N3O4/c10-4-1-5(11)7(14(17)18)2-6(4)13-8(15)3-12-9(13)16/h1-2H,3H2,(H,12,16). The number of nitro groups is 1. The molecule has 0 atom stereocenters. The van der Waals surface area contributed by atoms with Gasteiger partial charge in [-0.1, -0.05) is 0 Å². The van der Waals surface area contributed by atoms with Crippen molar-refractivity contribution in [2.75, 3.05) is 11.4 Å². The predicted octanol–water partition coefficient (Wildman–Crippen LogP) is 0.929. The maximum Gasteiger partial charge on any atom is 0.329 e. The molecule has 3 amide bonds. The van der Waals surface area contributed by atoms with E-state index in [4.69, 9.17) is 0 Å². The highest BCUT2D eigenvalue weighted by atomic mass is 19.1. The zero-order chi connectivity index (χ0) is 13.4. The highest BCUT2D eigenvalue weighted by Crippen LogP contribution is 2.29. The number of halogens is 2. The van der Waals surface area contributed by atoms with E-state index >= 15 is 0 Å². The van der Waals surface area contributed by atoms with Gasteiger partial charge in [0.15, 0.2) is 5.82 Å². The Bertz CT molecular complexity index is 559. The molecule has 0 unspecified atom stereocenters. The van der Waals surface area contributed by atoms with Crippen LogP contribution in [0.1, 0.15) is 0 Å². The van der Waals surface area contributed by atoms with Gasteiger partial charge in [-0.2, -0.15) is 4.39 Å². The van der Waals surface area contributed by atoms with Crippen LogP contribution in [0.25, 0.3) is 0 Å². The van der Waals surface area contributed by atoms with Gasteiger partial charge in [0.25, 0.3) is 5.91 Å². The van der Waals surface area contributed by atoms with Crippen molar-refractivity contribution in [3.63, 3.8) is 0 Å². The van der Waals surface area contributed by atoms with Crippen LogP contribution in [0.2, 0.25) is 0 Å². The molecule has 0 aromatic heterocycles. The molecule has 1 aliphatic heterocycles. The summed E-state index contributed by atoms with van der Waals surface area (Å²) in [6.07, 6.45) is 0. The highest BCUT2D eigenvalue weighted by Gasteiger charge is 2.34. The van der Waals surface area contributed by atoms with Gasteiger partial charge in [-0.3, -0.25) is 14.9 Å². The molecule has 0 aliphatic carbocycles. The maximum atomic E-state index is 13.5. The van der Waals surface area contributed by atoms with Gasteiger partial charge in [0.1, 0.15) is 0 Å². The fourth-order valence-corrected chi connectivity index (χ4v) is 1.50. The normalized spacial score (nSPS) is 14.9. The highest BCUT2D eigenvalue weighted by molar-refractivity contribution is 6.20. The van der Waals surface area contributed by atoms with E-state index in [-0.39, 0.29) is 12.6 Å². The number of amides is 3. The molecule has 0 bridgehead atoms. The van der Waals surface area contributed by atoms with E-state index in [1.54, 1.807) is 0 Å². The first-order chi connectivity index (χ1) is 8.41. The summed E-state index contributed by atoms with van der Waals surface area (Å²) in [5, 5.41) is 12.6. The number of imide groups is 1. The summed E-state index contributed by atoms with van der Waals surface area (Å²) >= 11 is 0. The first kappa shape index (κ1) is 11.9. The van der Waals surface area contributed by atoms with E-state index in [1.807, 2.05) is 0 Å². The molecule has 1 aromatic rings. The predicted molar refractivity (Wildman–Crippen MR) is 53.9 cm³/mol. The van der Waals surface area contributed by atoms with Crippen LogP contribution < -0.4 is 10.2 Å². The smallest absolute Gasteiger partial charge is 0.328 e. The molecular formula is C9H5F2N3O4. The molecule has 2 rings (SSSR count). The van der Waals surface area contributed by atoms with E-state index in [1.165, 1.54) is 0 Å². The van der Waals surface area contributed by atoms with Gasteiger partial charge in [0.2, 0.25) is 5.82 Å². The summed E-state index contributed by atoms with van der Waals surface area (Å²) in [5.74, 6) is -3.39. The molecule has 0 radical (unpaired) electrons. The van der Waals surface area contributed by atoms with Crippen LogP contribution in [0.15, 0.2) is 12.1 Å². The first-order valence-electron chi connectivity index (χ1n) is 4.66. The third-order valence-electron chi connectivity index (χ3n) is 2.30. The number of benzene rings is 1. The number of anilines is 1. The molecule has 7 nitrogen and oxygen atoms in total. The summed E-state index contributed by atoms with van der Waals surface area (Å²) in [5.41, 5.74) is -1.66. The number of nitro benzene ring substituents is 1. The minimum Gasteiger partial charge on any atom is -0.328 e. The minimum absolute atomic E-state index is 0.256. The zero-order valence-corrected chi connectivity index (χ0v) is 8.65. The second-order valence-electron chi connectivity index (χ2n) is 3.40. The average Bonchev–Trinajstić information content (AvgIpc) is 2.59. The molecule has 9 heteroatoms. The van der Waals surface area contributed by atoms with Crippen molar-refractivity contribution in [2.45, 2.75) is 0 Å². The van der Waals surface area contributed by atoms with Crippen LogP contribution in [-0.4, -0.2) is 23.4 Å². The topological polar surface area (TPSA) is 92.6 Å². The summed E-state index contributed by atoms with van der Waals surface area (Å²) < 4.78 is 26.5. The summed E-state index contributed by atoms with van der Waals surface area (Å²) in [6, 6.07) is -0.153. The Balaban J connectivity index is 2.57. The Labute approximate surface area is 98.1 Å². The van der Waals surface area contributed by atoms with E-state index < -0.39 is 39.9 Å². The van der Waals surface area contributed by atoms with Crippen LogP contribution in [-0.2, 0) is 4.79 Å². The van der Waals surface area contributed by atoms with Gasteiger partial charge in [-0.05, 0) is 0 Å². The lowest BCUT2D eigenvalue weighted by Crippen LogP contribution is -2.31. The molecule has 94 valence electrons. The fraction of sp³-hybridized carbons (Fsp3) is 0.111. The lowest BCUT2D eigenvalue weighted by molar-refractivity contribution is -0.387. The monoisotopic (exact) mass is 257 g/mol. The van der Waals surface area contributed by atoms with Crippen molar-refractivity contribution in [1.82, 2.24) is 5.32 Å². The molecule has 1 heterocycles. The molecule has 18 heavy (non-hydrogen) atoms. The fourth-order valence-electron chi connectivity index (χ4n) is 1.50. The van der Waals surface area contributed by atoms with Crippen molar-refractivity contribution in [1.29, 1.82) is 0 Å². The molecule has 1 N–H and O–H groups in total. The van der Waals surface area contributed by atoms with Crippen LogP contribution in [0, 0.1) is 21.7 Å². The van der Waals surface area contributed by atoms with Gasteiger partial charge >= 0.3 is 11.7 Å². The minimum atomic E-state index is -1.38. The van der Waals surface area contributed by atoms with Gasteiger partial charge in [-0.15, -0.1) is 0 Å². The van der Waals surface area contributed by atoms with E-state index in [0.29, 0.717) is 11.0 Å². The van der Waals surface area contributed by atoms with Crippen molar-refractivity contribution in [3.8, 4) is 0 Å². The van der Waals surface area contributed by atoms with Crippen LogP contribution in [0.5, 0.6) is 0 Å². The lowest BCUT2D eigenvalue weighted by Gasteiger charge is -2.13. The number of rotatable bonds is 2. The van der Waals surface area contributed by atoms with Crippen LogP contribution >= 0.6 is 0 Å². The Morgan fingerprint density at radius 3 is 2.44 bits per heavy atom. The molecule has 0 saturated carbocycles. The number of nitrogens with one attached hydrogen (secondary N) is 1. The van der Waals surface area contributed by atoms with E-state index in [2.05, 4.69) is 5.32 Å². The van der Waals surface area contributed by atoms with E-state index in [9.17, 15) is 28.5 Å². The Kier molecular flexibility index (Phi) is 2.66. The Hall–Kier alpha value is -2.58. The van der Waals surface area contributed by atoms with Crippen LogP contribution in [0.3, 0.4) is 0 Å². The molecule has 1 aliphatic rings. The third-order valence-corrected chi connectivity index (χ3v) is 2.30. The lowest BCUT2D eigenvalue weighted by atomic mass is 10.2. The Morgan fingerprint density at radius 2 is 1.94 bits per heavy atom. The SMILES string of the molecule is O=C1CNC(=O)N1c1cc([N+](=O)[O-])c(F)cc1F. The van der Waals surface area contributed by atoms with Gasteiger partial charge in [0, 0.05) is 12.1 Å². The number of hydrogen-bond donors (Lipinski definition) is 1. The maximum absolute atomic E-state index is 13.5. The number of hydrogen-bond acceptors (Lipinski definition) is 4. The van der Waals surface area contributed by atoms with Crippen LogP contribution in [0.4, 0.5) is 25.0 Å². The quantitative estimate of drug-likeness (QED) is 0.484. The first-order valence-corrected chi connectivity index (χ1v) is 4.66. The molecular weight excluding hydrogens is 252 g/mol. The number of urea groups is 1. The zero-order valence-electron chi connectivity index (χ0n) is 8.65. The molecule has 0 spiro atoms. The molecule has 1 saturated heterocycles. The second kappa shape index (κ2) is 4.02. The molecule has 1 fully saturated rings. The van der Waals surface area contributed by atoms with Crippen molar-refractivity contribution >= 4 is 23.3 Å². The Morgan fingerprint density at radius 1 is 1.28 bits per heavy atom. The van der Waals surface area contributed by atoms with Crippen molar-refractivity contribution in [3.05, 3.63) is 33.9 Å². The summed E-state index contributed by atoms with van der Waals surface area (Å²) in [4.78, 5) is 32.4. The third kappa shape index (κ3) is 1.75. The molecule has 1 aromatic carbocycles. The van der Waals surface area contributed by atoms with Crippen molar-refractivity contribution in [2.24, 2.45) is 0 Å². The number of carbonyl (C=O) groups excluding carboxylic acids is 2. The second-order valence-corrected chi connectivity index (χ2v) is 3.40. The van der Waals surface area contributed by atoms with Gasteiger partial charge in [0.05, 0.1) is 17.2 Å². The van der Waals surface area contributed by atoms with Gasteiger partial charge < -0.3 is 5.32 Å². The number of nitrogens with zero attached hydrogens (tertiary/aromatic N) is 2. The largest absolute Gasteiger partial charge is 0.329 e.